The molecule has 0 amide bonds. The molecule has 0 spiro atoms. The molecular formula is C21H21ClNO8P. The van der Waals surface area contributed by atoms with Crippen LogP contribution < -0.4 is 5.43 Å². The number of likely N-dealkylation sites (N-methyl/N-ethyl adjacent to an activating group) is 1. The third kappa shape index (κ3) is 4.41. The summed E-state index contributed by atoms with van der Waals surface area (Å²) in [6.07, 6.45) is -0.814. The lowest BCUT2D eigenvalue weighted by molar-refractivity contribution is 0.0544. The zero-order valence-electron chi connectivity index (χ0n) is 17.9. The van der Waals surface area contributed by atoms with Crippen molar-refractivity contribution < 1.29 is 34.9 Å². The number of phenols is 2. The van der Waals surface area contributed by atoms with Crippen LogP contribution in [0.4, 0.5) is 0 Å². The normalized spacial score (nSPS) is 20.4. The first-order chi connectivity index (χ1) is 15.5. The third-order valence-corrected chi connectivity index (χ3v) is 6.34. The van der Waals surface area contributed by atoms with Gasteiger partial charge in [0.2, 0.25) is 0 Å². The van der Waals surface area contributed by atoms with Crippen LogP contribution in [0.25, 0.3) is 22.3 Å². The standard InChI is InChI=1S/C21H21ClNO8P/c1-23-7-6-12(18(10-23)31-32(27,28)29)19-14(24)8-15(25)20-16(26)9-17(30-21(19)20)11-4-2-3-5-13(11)22/h2-5,8-9,12,18,24-25H,6-7,10H2,1H3,(H2,27,28,29)/i8D. The van der Waals surface area contributed by atoms with Crippen LogP contribution in [-0.4, -0.2) is 51.1 Å². The minimum absolute atomic E-state index is 0.0367. The number of phosphoric acid groups is 1. The summed E-state index contributed by atoms with van der Waals surface area (Å²) in [6, 6.07) is 7.05. The molecule has 2 atom stereocenters. The van der Waals surface area contributed by atoms with Crippen LogP contribution >= 0.6 is 19.4 Å². The molecule has 170 valence electrons. The quantitative estimate of drug-likeness (QED) is 0.411. The van der Waals surface area contributed by atoms with Gasteiger partial charge in [-0.1, -0.05) is 23.7 Å². The highest BCUT2D eigenvalue weighted by atomic mass is 35.5. The minimum atomic E-state index is -4.90. The lowest BCUT2D eigenvalue weighted by Gasteiger charge is -2.36. The number of phosphoric ester groups is 1. The van der Waals surface area contributed by atoms with E-state index >= 15 is 0 Å². The molecule has 2 aromatic carbocycles. The predicted octanol–water partition coefficient (Wildman–Crippen LogP) is 3.42. The molecule has 4 N–H and O–H groups in total. The second-order valence-electron chi connectivity index (χ2n) is 7.69. The van der Waals surface area contributed by atoms with E-state index < -0.39 is 42.8 Å². The van der Waals surface area contributed by atoms with Gasteiger partial charge in [0.05, 0.1) is 12.5 Å². The first-order valence-electron chi connectivity index (χ1n) is 10.2. The molecule has 4 rings (SSSR count). The maximum Gasteiger partial charge on any atom is 0.469 e. The Morgan fingerprint density at radius 3 is 2.69 bits per heavy atom. The first kappa shape index (κ1) is 21.5. The van der Waals surface area contributed by atoms with Gasteiger partial charge in [-0.25, -0.2) is 4.57 Å². The van der Waals surface area contributed by atoms with Crippen LogP contribution in [0.1, 0.15) is 19.3 Å². The average molecular weight is 483 g/mol. The Hall–Kier alpha value is -2.39. The maximum absolute atomic E-state index is 13.0. The molecule has 1 aliphatic rings. The number of likely N-dealkylation sites (tertiary alicyclic amines) is 1. The van der Waals surface area contributed by atoms with Crippen molar-refractivity contribution in [3.05, 3.63) is 57.2 Å². The molecule has 11 heteroatoms. The highest BCUT2D eigenvalue weighted by Gasteiger charge is 2.38. The van der Waals surface area contributed by atoms with Crippen molar-refractivity contribution in [3.63, 3.8) is 0 Å². The van der Waals surface area contributed by atoms with Gasteiger partial charge < -0.3 is 29.3 Å². The van der Waals surface area contributed by atoms with Gasteiger partial charge in [0, 0.05) is 35.7 Å². The molecule has 2 heterocycles. The van der Waals surface area contributed by atoms with Crippen molar-refractivity contribution in [2.75, 3.05) is 20.1 Å². The zero-order valence-corrected chi connectivity index (χ0v) is 18.5. The topological polar surface area (TPSA) is 141 Å². The van der Waals surface area contributed by atoms with Gasteiger partial charge in [0.25, 0.3) is 0 Å². The fourth-order valence-electron chi connectivity index (χ4n) is 4.08. The summed E-state index contributed by atoms with van der Waals surface area (Å²) in [5.74, 6) is -2.19. The third-order valence-electron chi connectivity index (χ3n) is 5.47. The molecule has 0 saturated carbocycles. The molecule has 1 aromatic heterocycles. The van der Waals surface area contributed by atoms with E-state index in [0.29, 0.717) is 17.1 Å². The van der Waals surface area contributed by atoms with Crippen LogP contribution in [0.2, 0.25) is 5.02 Å². The molecule has 0 aliphatic carbocycles. The molecule has 1 aliphatic heterocycles. The molecule has 0 bridgehead atoms. The van der Waals surface area contributed by atoms with E-state index in [0.717, 1.165) is 6.07 Å². The van der Waals surface area contributed by atoms with Gasteiger partial charge in [-0.05, 0) is 32.1 Å². The number of aromatic hydroxyl groups is 2. The number of hydrogen-bond donors (Lipinski definition) is 4. The van der Waals surface area contributed by atoms with E-state index in [4.69, 9.17) is 21.9 Å². The number of halogens is 1. The molecule has 1 fully saturated rings. The van der Waals surface area contributed by atoms with Crippen molar-refractivity contribution in [1.29, 1.82) is 0 Å². The monoisotopic (exact) mass is 482 g/mol. The van der Waals surface area contributed by atoms with Gasteiger partial charge >= 0.3 is 7.82 Å². The van der Waals surface area contributed by atoms with Crippen LogP contribution in [0, 0.1) is 0 Å². The summed E-state index contributed by atoms with van der Waals surface area (Å²) in [5, 5.41) is 21.3. The average Bonchev–Trinajstić information content (AvgIpc) is 2.72. The lowest BCUT2D eigenvalue weighted by atomic mass is 9.85. The van der Waals surface area contributed by atoms with Gasteiger partial charge in [-0.3, -0.25) is 9.32 Å². The Morgan fingerprint density at radius 2 is 2.00 bits per heavy atom. The van der Waals surface area contributed by atoms with Gasteiger partial charge in [0.15, 0.2) is 5.43 Å². The van der Waals surface area contributed by atoms with Gasteiger partial charge in [-0.15, -0.1) is 0 Å². The summed E-state index contributed by atoms with van der Waals surface area (Å²) in [4.78, 5) is 33.6. The largest absolute Gasteiger partial charge is 0.507 e. The Morgan fingerprint density at radius 1 is 1.28 bits per heavy atom. The van der Waals surface area contributed by atoms with E-state index in [1.807, 2.05) is 0 Å². The van der Waals surface area contributed by atoms with Crippen molar-refractivity contribution in [2.45, 2.75) is 18.4 Å². The van der Waals surface area contributed by atoms with E-state index in [-0.39, 0.29) is 35.3 Å². The predicted molar refractivity (Wildman–Crippen MR) is 118 cm³/mol. The number of phenolic OH excluding ortho intramolecular Hbond substituents is 2. The molecule has 32 heavy (non-hydrogen) atoms. The smallest absolute Gasteiger partial charge is 0.469 e. The van der Waals surface area contributed by atoms with Crippen LogP contribution in [0.15, 0.2) is 45.6 Å². The number of piperidine rings is 1. The lowest BCUT2D eigenvalue weighted by Crippen LogP contribution is -2.41. The van der Waals surface area contributed by atoms with Crippen LogP contribution in [0.3, 0.4) is 0 Å². The number of benzene rings is 2. The van der Waals surface area contributed by atoms with Crippen molar-refractivity contribution in [3.8, 4) is 22.8 Å². The number of rotatable bonds is 4. The summed E-state index contributed by atoms with van der Waals surface area (Å²) in [6.45, 7) is 0.592. The Bertz CT molecular complexity index is 1340. The van der Waals surface area contributed by atoms with E-state index in [1.54, 1.807) is 36.2 Å². The van der Waals surface area contributed by atoms with E-state index in [1.165, 1.54) is 0 Å². The number of nitrogens with zero attached hydrogens (tertiary/aromatic N) is 1. The molecule has 2 unspecified atom stereocenters. The molecule has 1 saturated heterocycles. The number of hydrogen-bond acceptors (Lipinski definition) is 7. The summed E-state index contributed by atoms with van der Waals surface area (Å²) >= 11 is 6.25. The molecule has 3 aromatic rings. The summed E-state index contributed by atoms with van der Waals surface area (Å²) in [7, 11) is -3.16. The highest BCUT2D eigenvalue weighted by Crippen LogP contribution is 2.47. The Labute approximate surface area is 189 Å². The van der Waals surface area contributed by atoms with E-state index in [9.17, 15) is 29.4 Å². The van der Waals surface area contributed by atoms with Gasteiger partial charge in [-0.2, -0.15) is 0 Å². The Balaban J connectivity index is 2.01. The minimum Gasteiger partial charge on any atom is -0.507 e. The van der Waals surface area contributed by atoms with Crippen molar-refractivity contribution in [2.24, 2.45) is 0 Å². The number of fused-ring (bicyclic) bond motifs is 1. The molecule has 0 radical (unpaired) electrons. The van der Waals surface area contributed by atoms with E-state index in [2.05, 4.69) is 0 Å². The van der Waals surface area contributed by atoms with Gasteiger partial charge in [0.1, 0.15) is 28.2 Å². The maximum atomic E-state index is 13.0. The fourth-order valence-corrected chi connectivity index (χ4v) is 4.87. The first-order valence-corrected chi connectivity index (χ1v) is 11.6. The molecular weight excluding hydrogens is 461 g/mol. The highest BCUT2D eigenvalue weighted by molar-refractivity contribution is 7.46. The zero-order chi connectivity index (χ0) is 24.1. The van der Waals surface area contributed by atoms with Crippen LogP contribution in [0.5, 0.6) is 11.5 Å². The fraction of sp³-hybridized carbons (Fsp3) is 0.286. The summed E-state index contributed by atoms with van der Waals surface area (Å²) in [5.41, 5.74) is -0.508. The van der Waals surface area contributed by atoms with Crippen molar-refractivity contribution in [1.82, 2.24) is 4.90 Å². The summed E-state index contributed by atoms with van der Waals surface area (Å²) < 4.78 is 30.7. The van der Waals surface area contributed by atoms with Crippen molar-refractivity contribution >= 4 is 30.4 Å². The second-order valence-corrected chi connectivity index (χ2v) is 9.29. The second kappa shape index (κ2) is 8.51. The molecule has 9 nitrogen and oxygen atoms in total. The SMILES string of the molecule is [2H]c1c(O)c(C2CCN(C)CC2OP(=O)(O)O)c2oc(-c3ccccc3Cl)cc(=O)c2c1O. The van der Waals surface area contributed by atoms with Crippen LogP contribution in [-0.2, 0) is 9.09 Å². The Kier molecular flexibility index (Phi) is 5.71.